The first-order valence-electron chi connectivity index (χ1n) is 9.09. The molecule has 0 spiro atoms. The SMILES string of the molecule is Cc1cccc(CC(=O)N(CCCN(C)C)c2nc3c(F)cc(F)cc3s2)c1. The molecule has 0 N–H and O–H groups in total. The van der Waals surface area contributed by atoms with Crippen LogP contribution in [0.15, 0.2) is 36.4 Å². The number of thiazole rings is 1. The van der Waals surface area contributed by atoms with Crippen LogP contribution in [0.4, 0.5) is 13.9 Å². The van der Waals surface area contributed by atoms with Crippen LogP contribution in [-0.4, -0.2) is 43.0 Å². The molecule has 0 aliphatic heterocycles. The summed E-state index contributed by atoms with van der Waals surface area (Å²) in [6.07, 6.45) is 0.982. The highest BCUT2D eigenvalue weighted by Crippen LogP contribution is 2.31. The largest absolute Gasteiger partial charge is 0.309 e. The zero-order chi connectivity index (χ0) is 20.3. The first kappa shape index (κ1) is 20.4. The third-order valence-electron chi connectivity index (χ3n) is 4.36. The fourth-order valence-electron chi connectivity index (χ4n) is 3.03. The first-order chi connectivity index (χ1) is 13.3. The van der Waals surface area contributed by atoms with Gasteiger partial charge in [-0.25, -0.2) is 13.8 Å². The normalized spacial score (nSPS) is 11.4. The third kappa shape index (κ3) is 4.91. The lowest BCUT2D eigenvalue weighted by Gasteiger charge is -2.21. The Balaban J connectivity index is 1.89. The Labute approximate surface area is 167 Å². The number of hydrogen-bond donors (Lipinski definition) is 0. The van der Waals surface area contributed by atoms with Crippen LogP contribution >= 0.6 is 11.3 Å². The van der Waals surface area contributed by atoms with Gasteiger partial charge in [0, 0.05) is 12.6 Å². The van der Waals surface area contributed by atoms with E-state index in [2.05, 4.69) is 4.98 Å². The van der Waals surface area contributed by atoms with Crippen molar-refractivity contribution in [1.29, 1.82) is 0 Å². The van der Waals surface area contributed by atoms with Gasteiger partial charge in [0.25, 0.3) is 0 Å². The second-order valence-electron chi connectivity index (χ2n) is 7.10. The average molecular weight is 403 g/mol. The molecule has 148 valence electrons. The van der Waals surface area contributed by atoms with Gasteiger partial charge in [-0.05, 0) is 45.6 Å². The number of benzene rings is 2. The van der Waals surface area contributed by atoms with Gasteiger partial charge in [0.1, 0.15) is 11.3 Å². The van der Waals surface area contributed by atoms with E-state index in [1.54, 1.807) is 4.90 Å². The third-order valence-corrected chi connectivity index (χ3v) is 5.38. The predicted molar refractivity (Wildman–Crippen MR) is 110 cm³/mol. The maximum atomic E-state index is 14.1. The summed E-state index contributed by atoms with van der Waals surface area (Å²) in [4.78, 5) is 21.0. The van der Waals surface area contributed by atoms with Gasteiger partial charge < -0.3 is 4.90 Å². The zero-order valence-corrected chi connectivity index (χ0v) is 17.0. The monoisotopic (exact) mass is 403 g/mol. The summed E-state index contributed by atoms with van der Waals surface area (Å²) in [5, 5.41) is 0.399. The average Bonchev–Trinajstić information content (AvgIpc) is 3.02. The van der Waals surface area contributed by atoms with E-state index in [9.17, 15) is 13.6 Å². The Morgan fingerprint density at radius 1 is 1.14 bits per heavy atom. The van der Waals surface area contributed by atoms with Crippen LogP contribution in [0.1, 0.15) is 17.5 Å². The Hall–Kier alpha value is -2.38. The smallest absolute Gasteiger partial charge is 0.233 e. The lowest BCUT2D eigenvalue weighted by atomic mass is 10.1. The van der Waals surface area contributed by atoms with Gasteiger partial charge in [-0.2, -0.15) is 0 Å². The minimum Gasteiger partial charge on any atom is -0.309 e. The Bertz CT molecular complexity index is 987. The van der Waals surface area contributed by atoms with E-state index in [1.165, 1.54) is 6.07 Å². The number of carbonyl (C=O) groups is 1. The van der Waals surface area contributed by atoms with Crippen molar-refractivity contribution in [3.05, 3.63) is 59.2 Å². The number of rotatable bonds is 7. The fourth-order valence-corrected chi connectivity index (χ4v) is 4.07. The maximum absolute atomic E-state index is 14.1. The number of fused-ring (bicyclic) bond motifs is 1. The van der Waals surface area contributed by atoms with Crippen LogP contribution in [0.5, 0.6) is 0 Å². The number of nitrogens with zero attached hydrogens (tertiary/aromatic N) is 3. The van der Waals surface area contributed by atoms with Crippen LogP contribution < -0.4 is 4.90 Å². The number of aryl methyl sites for hydroxylation is 1. The molecule has 7 heteroatoms. The summed E-state index contributed by atoms with van der Waals surface area (Å²) in [5.41, 5.74) is 2.10. The van der Waals surface area contributed by atoms with Crippen LogP contribution in [0, 0.1) is 18.6 Å². The first-order valence-corrected chi connectivity index (χ1v) is 9.91. The molecule has 0 saturated carbocycles. The number of anilines is 1. The molecule has 0 bridgehead atoms. The maximum Gasteiger partial charge on any atom is 0.233 e. The molecule has 28 heavy (non-hydrogen) atoms. The van der Waals surface area contributed by atoms with Gasteiger partial charge in [-0.1, -0.05) is 41.2 Å². The number of aromatic nitrogens is 1. The quantitative estimate of drug-likeness (QED) is 0.586. The van der Waals surface area contributed by atoms with Crippen LogP contribution in [0.3, 0.4) is 0 Å². The molecule has 0 aliphatic rings. The lowest BCUT2D eigenvalue weighted by molar-refractivity contribution is -0.118. The van der Waals surface area contributed by atoms with Crippen molar-refractivity contribution in [2.24, 2.45) is 0 Å². The molecule has 3 aromatic rings. The van der Waals surface area contributed by atoms with Gasteiger partial charge in [0.2, 0.25) is 5.91 Å². The molecule has 2 aromatic carbocycles. The molecule has 0 fully saturated rings. The standard InChI is InChI=1S/C21H23F2N3OS/c1-14-6-4-7-15(10-14)11-19(27)26(9-5-8-25(2)3)21-24-20-17(23)12-16(22)13-18(20)28-21/h4,6-7,10,12-13H,5,8-9,11H2,1-3H3. The van der Waals surface area contributed by atoms with E-state index in [1.807, 2.05) is 50.2 Å². The summed E-state index contributed by atoms with van der Waals surface area (Å²) in [7, 11) is 3.93. The van der Waals surface area contributed by atoms with Gasteiger partial charge in [-0.15, -0.1) is 0 Å². The molecule has 1 amide bonds. The number of amides is 1. The topological polar surface area (TPSA) is 36.4 Å². The van der Waals surface area contributed by atoms with E-state index < -0.39 is 11.6 Å². The summed E-state index contributed by atoms with van der Waals surface area (Å²) < 4.78 is 28.0. The highest BCUT2D eigenvalue weighted by atomic mass is 32.1. The number of carbonyl (C=O) groups excluding carboxylic acids is 1. The van der Waals surface area contributed by atoms with E-state index in [0.717, 1.165) is 41.5 Å². The van der Waals surface area contributed by atoms with Crippen molar-refractivity contribution in [2.75, 3.05) is 32.1 Å². The van der Waals surface area contributed by atoms with E-state index in [0.29, 0.717) is 16.4 Å². The van der Waals surface area contributed by atoms with Gasteiger partial charge in [0.05, 0.1) is 11.1 Å². The summed E-state index contributed by atoms with van der Waals surface area (Å²) in [5.74, 6) is -1.47. The van der Waals surface area contributed by atoms with Crippen molar-refractivity contribution in [1.82, 2.24) is 9.88 Å². The van der Waals surface area contributed by atoms with Crippen molar-refractivity contribution in [2.45, 2.75) is 19.8 Å². The molecule has 4 nitrogen and oxygen atoms in total. The minimum absolute atomic E-state index is 0.0994. The van der Waals surface area contributed by atoms with Crippen molar-refractivity contribution >= 4 is 32.6 Å². The molecule has 0 radical (unpaired) electrons. The van der Waals surface area contributed by atoms with Crippen molar-refractivity contribution < 1.29 is 13.6 Å². The summed E-state index contributed by atoms with van der Waals surface area (Å²) >= 11 is 1.13. The Kier molecular flexibility index (Phi) is 6.36. The predicted octanol–water partition coefficient (Wildman–Crippen LogP) is 4.41. The highest BCUT2D eigenvalue weighted by Gasteiger charge is 2.21. The molecule has 1 heterocycles. The minimum atomic E-state index is -0.711. The molecule has 0 saturated heterocycles. The molecular formula is C21H23F2N3OS. The zero-order valence-electron chi connectivity index (χ0n) is 16.2. The van der Waals surface area contributed by atoms with E-state index in [-0.39, 0.29) is 17.8 Å². The second-order valence-corrected chi connectivity index (χ2v) is 8.11. The van der Waals surface area contributed by atoms with Crippen molar-refractivity contribution in [3.8, 4) is 0 Å². The fraction of sp³-hybridized carbons (Fsp3) is 0.333. The van der Waals surface area contributed by atoms with Crippen molar-refractivity contribution in [3.63, 3.8) is 0 Å². The van der Waals surface area contributed by atoms with Crippen LogP contribution in [0.25, 0.3) is 10.2 Å². The Morgan fingerprint density at radius 2 is 1.93 bits per heavy atom. The van der Waals surface area contributed by atoms with Gasteiger partial charge in [-0.3, -0.25) is 9.69 Å². The molecule has 0 unspecified atom stereocenters. The molecular weight excluding hydrogens is 380 g/mol. The Morgan fingerprint density at radius 3 is 2.64 bits per heavy atom. The molecule has 1 aromatic heterocycles. The van der Waals surface area contributed by atoms with Gasteiger partial charge in [0.15, 0.2) is 10.9 Å². The van der Waals surface area contributed by atoms with Crippen LogP contribution in [-0.2, 0) is 11.2 Å². The summed E-state index contributed by atoms with van der Waals surface area (Å²) in [6, 6.07) is 9.86. The molecule has 0 aliphatic carbocycles. The molecule has 0 atom stereocenters. The van der Waals surface area contributed by atoms with E-state index in [4.69, 9.17) is 0 Å². The van der Waals surface area contributed by atoms with E-state index >= 15 is 0 Å². The lowest BCUT2D eigenvalue weighted by Crippen LogP contribution is -2.34. The second kappa shape index (κ2) is 8.75. The van der Waals surface area contributed by atoms with Crippen LogP contribution in [0.2, 0.25) is 0 Å². The number of halogens is 2. The van der Waals surface area contributed by atoms with Gasteiger partial charge >= 0.3 is 0 Å². The summed E-state index contributed by atoms with van der Waals surface area (Å²) in [6.45, 7) is 3.25. The highest BCUT2D eigenvalue weighted by molar-refractivity contribution is 7.22. The number of hydrogen-bond acceptors (Lipinski definition) is 4. The molecule has 3 rings (SSSR count).